The molecule has 1 heterocycles. The molecule has 8 heteroatoms. The molecule has 0 spiro atoms. The zero-order valence-corrected chi connectivity index (χ0v) is 14.9. The second kappa shape index (κ2) is 7.01. The molecule has 140 valence electrons. The molecule has 0 saturated carbocycles. The van der Waals surface area contributed by atoms with Crippen LogP contribution in [-0.4, -0.2) is 38.5 Å². The van der Waals surface area contributed by atoms with E-state index in [1.54, 1.807) is 20.8 Å². The van der Waals surface area contributed by atoms with Crippen molar-refractivity contribution in [2.45, 2.75) is 39.0 Å². The third-order valence-electron chi connectivity index (χ3n) is 3.71. The number of halogens is 3. The van der Waals surface area contributed by atoms with Crippen molar-refractivity contribution in [3.05, 3.63) is 23.8 Å². The molecule has 1 N–H and O–H groups in total. The van der Waals surface area contributed by atoms with E-state index in [-0.39, 0.29) is 0 Å². The number of fused-ring (bicyclic) bond motifs is 1. The zero-order valence-electron chi connectivity index (χ0n) is 14.9. The van der Waals surface area contributed by atoms with Crippen molar-refractivity contribution in [2.75, 3.05) is 36.6 Å². The number of hydrogen-bond acceptors (Lipinski definition) is 4. The molecular formula is C17H24F3N3O2. The van der Waals surface area contributed by atoms with Gasteiger partial charge < -0.3 is 19.9 Å². The Kier molecular flexibility index (Phi) is 5.39. The summed E-state index contributed by atoms with van der Waals surface area (Å²) in [4.78, 5) is 15.4. The summed E-state index contributed by atoms with van der Waals surface area (Å²) < 4.78 is 43.9. The predicted octanol–water partition coefficient (Wildman–Crippen LogP) is 3.83. The fourth-order valence-electron chi connectivity index (χ4n) is 2.65. The van der Waals surface area contributed by atoms with Gasteiger partial charge in [0.15, 0.2) is 0 Å². The first kappa shape index (κ1) is 19.2. The molecule has 0 aliphatic carbocycles. The average molecular weight is 359 g/mol. The van der Waals surface area contributed by atoms with Crippen molar-refractivity contribution >= 4 is 17.5 Å². The molecule has 0 radical (unpaired) electrons. The second-order valence-electron chi connectivity index (χ2n) is 7.09. The molecule has 0 unspecified atom stereocenters. The van der Waals surface area contributed by atoms with E-state index in [4.69, 9.17) is 4.74 Å². The topological polar surface area (TPSA) is 44.8 Å². The summed E-state index contributed by atoms with van der Waals surface area (Å²) in [6.07, 6.45) is -4.26. The van der Waals surface area contributed by atoms with Crippen LogP contribution >= 0.6 is 0 Å². The number of ether oxygens (including phenoxy) is 1. The minimum absolute atomic E-state index is 0.392. The lowest BCUT2D eigenvalue weighted by Gasteiger charge is -2.21. The number of nitrogens with zero attached hydrogens (tertiary/aromatic N) is 2. The van der Waals surface area contributed by atoms with E-state index in [1.165, 1.54) is 12.1 Å². The van der Waals surface area contributed by atoms with E-state index >= 15 is 0 Å². The molecule has 1 amide bonds. The van der Waals surface area contributed by atoms with Gasteiger partial charge in [0.05, 0.1) is 23.6 Å². The summed E-state index contributed by atoms with van der Waals surface area (Å²) in [5.74, 6) is 0. The molecule has 0 aromatic heterocycles. The normalized spacial score (nSPS) is 14.5. The highest BCUT2D eigenvalue weighted by Crippen LogP contribution is 2.40. The summed E-state index contributed by atoms with van der Waals surface area (Å²) in [5, 5.41) is 2.65. The number of amides is 1. The number of carbonyl (C=O) groups excluding carboxylic acids is 1. The van der Waals surface area contributed by atoms with Gasteiger partial charge in [0, 0.05) is 20.1 Å². The van der Waals surface area contributed by atoms with Gasteiger partial charge >= 0.3 is 12.3 Å². The van der Waals surface area contributed by atoms with Crippen molar-refractivity contribution in [3.8, 4) is 0 Å². The largest absolute Gasteiger partial charge is 0.444 e. The Balaban J connectivity index is 1.92. The van der Waals surface area contributed by atoms with E-state index < -0.39 is 23.4 Å². The Morgan fingerprint density at radius 3 is 2.52 bits per heavy atom. The Hall–Kier alpha value is -2.12. The predicted molar refractivity (Wildman–Crippen MR) is 90.9 cm³/mol. The van der Waals surface area contributed by atoms with Gasteiger partial charge in [-0.15, -0.1) is 0 Å². The first-order valence-corrected chi connectivity index (χ1v) is 8.11. The van der Waals surface area contributed by atoms with E-state index in [9.17, 15) is 18.0 Å². The van der Waals surface area contributed by atoms with Crippen LogP contribution in [0.15, 0.2) is 18.2 Å². The van der Waals surface area contributed by atoms with Gasteiger partial charge in [-0.05, 0) is 45.4 Å². The number of nitrogens with one attached hydrogen (secondary N) is 1. The van der Waals surface area contributed by atoms with Gasteiger partial charge in [-0.1, -0.05) is 0 Å². The molecule has 0 bridgehead atoms. The quantitative estimate of drug-likeness (QED) is 0.830. The summed E-state index contributed by atoms with van der Waals surface area (Å²) in [7, 11) is 1.84. The van der Waals surface area contributed by atoms with Crippen LogP contribution in [0.3, 0.4) is 0 Å². The molecule has 0 fully saturated rings. The van der Waals surface area contributed by atoms with Crippen LogP contribution in [0.25, 0.3) is 0 Å². The SMILES string of the molecule is CN1CN(CCCNC(=O)OC(C)(C)C)c2cc(C(F)(F)F)ccc21. The minimum atomic E-state index is -4.36. The Bertz CT molecular complexity index is 627. The number of benzene rings is 1. The van der Waals surface area contributed by atoms with E-state index in [0.717, 1.165) is 11.8 Å². The average Bonchev–Trinajstić information content (AvgIpc) is 2.77. The summed E-state index contributed by atoms with van der Waals surface area (Å²) in [6, 6.07) is 3.78. The van der Waals surface area contributed by atoms with Crippen LogP contribution in [-0.2, 0) is 10.9 Å². The van der Waals surface area contributed by atoms with Gasteiger partial charge in [-0.2, -0.15) is 13.2 Å². The fourth-order valence-corrected chi connectivity index (χ4v) is 2.65. The Morgan fingerprint density at radius 2 is 1.92 bits per heavy atom. The smallest absolute Gasteiger partial charge is 0.416 e. The van der Waals surface area contributed by atoms with Crippen LogP contribution in [0.4, 0.5) is 29.3 Å². The zero-order chi connectivity index (χ0) is 18.8. The van der Waals surface area contributed by atoms with Crippen LogP contribution in [0.1, 0.15) is 32.8 Å². The fraction of sp³-hybridized carbons (Fsp3) is 0.588. The van der Waals surface area contributed by atoms with Crippen molar-refractivity contribution in [3.63, 3.8) is 0 Å². The lowest BCUT2D eigenvalue weighted by atomic mass is 10.1. The maximum atomic E-state index is 12.9. The van der Waals surface area contributed by atoms with Crippen LogP contribution in [0, 0.1) is 0 Å². The standard InChI is InChI=1S/C17H24F3N3O2/c1-16(2,3)25-15(24)21-8-5-9-23-11-22(4)13-7-6-12(10-14(13)23)17(18,19)20/h6-7,10H,5,8-9,11H2,1-4H3,(H,21,24). The Labute approximate surface area is 145 Å². The molecule has 1 aliphatic heterocycles. The van der Waals surface area contributed by atoms with E-state index in [2.05, 4.69) is 5.32 Å². The number of alkyl halides is 3. The molecule has 5 nitrogen and oxygen atoms in total. The highest BCUT2D eigenvalue weighted by molar-refractivity contribution is 5.76. The maximum Gasteiger partial charge on any atom is 0.416 e. The van der Waals surface area contributed by atoms with Crippen molar-refractivity contribution in [1.82, 2.24) is 5.32 Å². The molecule has 1 aromatic carbocycles. The summed E-state index contributed by atoms with van der Waals surface area (Å²) in [5.41, 5.74) is 0.121. The second-order valence-corrected chi connectivity index (χ2v) is 7.09. The summed E-state index contributed by atoms with van der Waals surface area (Å²) in [6.45, 7) is 6.78. The van der Waals surface area contributed by atoms with Crippen molar-refractivity contribution in [1.29, 1.82) is 0 Å². The molecule has 0 saturated heterocycles. The highest BCUT2D eigenvalue weighted by atomic mass is 19.4. The number of anilines is 2. The molecule has 0 atom stereocenters. The molecule has 2 rings (SSSR count). The number of hydrogen-bond donors (Lipinski definition) is 1. The summed E-state index contributed by atoms with van der Waals surface area (Å²) >= 11 is 0. The highest BCUT2D eigenvalue weighted by Gasteiger charge is 2.33. The number of carbonyl (C=O) groups is 1. The molecule has 1 aliphatic rings. The van der Waals surface area contributed by atoms with E-state index in [0.29, 0.717) is 31.9 Å². The van der Waals surface area contributed by atoms with Gasteiger partial charge in [0.2, 0.25) is 0 Å². The molecule has 25 heavy (non-hydrogen) atoms. The lowest BCUT2D eigenvalue weighted by molar-refractivity contribution is -0.137. The molecule has 1 aromatic rings. The molecular weight excluding hydrogens is 335 g/mol. The van der Waals surface area contributed by atoms with Gasteiger partial charge in [0.1, 0.15) is 5.60 Å². The first-order valence-electron chi connectivity index (χ1n) is 8.11. The number of alkyl carbamates (subject to hydrolysis) is 1. The van der Waals surface area contributed by atoms with Crippen LogP contribution < -0.4 is 15.1 Å². The minimum Gasteiger partial charge on any atom is -0.444 e. The van der Waals surface area contributed by atoms with Gasteiger partial charge in [0.25, 0.3) is 0 Å². The van der Waals surface area contributed by atoms with Crippen molar-refractivity contribution < 1.29 is 22.7 Å². The first-order chi connectivity index (χ1) is 11.5. The third kappa shape index (κ3) is 5.17. The van der Waals surface area contributed by atoms with Crippen LogP contribution in [0.2, 0.25) is 0 Å². The lowest BCUT2D eigenvalue weighted by Crippen LogP contribution is -2.35. The third-order valence-corrected chi connectivity index (χ3v) is 3.71. The Morgan fingerprint density at radius 1 is 1.24 bits per heavy atom. The van der Waals surface area contributed by atoms with Crippen LogP contribution in [0.5, 0.6) is 0 Å². The van der Waals surface area contributed by atoms with E-state index in [1.807, 2.05) is 16.8 Å². The van der Waals surface area contributed by atoms with Gasteiger partial charge in [-0.25, -0.2) is 4.79 Å². The monoisotopic (exact) mass is 359 g/mol. The number of rotatable bonds is 4. The van der Waals surface area contributed by atoms with Gasteiger partial charge in [-0.3, -0.25) is 0 Å². The maximum absolute atomic E-state index is 12.9. The van der Waals surface area contributed by atoms with Crippen molar-refractivity contribution in [2.24, 2.45) is 0 Å².